The summed E-state index contributed by atoms with van der Waals surface area (Å²) >= 11 is 0. The van der Waals surface area contributed by atoms with Crippen molar-refractivity contribution in [2.24, 2.45) is 0 Å². The summed E-state index contributed by atoms with van der Waals surface area (Å²) in [5.41, 5.74) is 2.18. The van der Waals surface area contributed by atoms with Crippen LogP contribution in [0.5, 0.6) is 5.88 Å². The molecule has 1 amide bonds. The van der Waals surface area contributed by atoms with Gasteiger partial charge >= 0.3 is 0 Å². The normalized spacial score (nSPS) is 23.7. The van der Waals surface area contributed by atoms with E-state index in [1.807, 2.05) is 4.90 Å². The molecule has 0 bridgehead atoms. The Morgan fingerprint density at radius 1 is 1.36 bits per heavy atom. The Kier molecular flexibility index (Phi) is 4.00. The van der Waals surface area contributed by atoms with Gasteiger partial charge in [0.1, 0.15) is 5.82 Å². The quantitative estimate of drug-likeness (QED) is 0.882. The zero-order chi connectivity index (χ0) is 19.3. The summed E-state index contributed by atoms with van der Waals surface area (Å²) in [6.07, 6.45) is 7.32. The van der Waals surface area contributed by atoms with Crippen molar-refractivity contribution in [1.29, 1.82) is 0 Å². The third-order valence-corrected chi connectivity index (χ3v) is 6.41. The fourth-order valence-corrected chi connectivity index (χ4v) is 4.76. The second-order valence-corrected chi connectivity index (χ2v) is 8.25. The SMILES string of the molecule is COc1cc(C(=O)N2CCCC3(CCc4c3nc(C3CC3)[nH]c4=O)C2)ccn1. The van der Waals surface area contributed by atoms with Crippen molar-refractivity contribution in [3.63, 3.8) is 0 Å². The molecule has 2 aliphatic carbocycles. The minimum absolute atomic E-state index is 0.0134. The highest BCUT2D eigenvalue weighted by atomic mass is 16.5. The number of nitrogens with one attached hydrogen (secondary N) is 1. The van der Waals surface area contributed by atoms with E-state index in [2.05, 4.69) is 9.97 Å². The van der Waals surface area contributed by atoms with Gasteiger partial charge in [0.05, 0.1) is 12.8 Å². The first-order valence-corrected chi connectivity index (χ1v) is 10.0. The smallest absolute Gasteiger partial charge is 0.254 e. The summed E-state index contributed by atoms with van der Waals surface area (Å²) in [5, 5.41) is 0. The predicted molar refractivity (Wildman–Crippen MR) is 103 cm³/mol. The second-order valence-electron chi connectivity index (χ2n) is 8.25. The van der Waals surface area contributed by atoms with Crippen LogP contribution in [0.4, 0.5) is 0 Å². The Bertz CT molecular complexity index is 997. The topological polar surface area (TPSA) is 88.2 Å². The molecule has 146 valence electrons. The summed E-state index contributed by atoms with van der Waals surface area (Å²) in [7, 11) is 1.54. The highest BCUT2D eigenvalue weighted by molar-refractivity contribution is 5.94. The van der Waals surface area contributed by atoms with E-state index in [0.717, 1.165) is 62.2 Å². The molecule has 7 nitrogen and oxygen atoms in total. The number of H-pyrrole nitrogens is 1. The van der Waals surface area contributed by atoms with E-state index in [0.29, 0.717) is 23.9 Å². The van der Waals surface area contributed by atoms with Gasteiger partial charge in [-0.25, -0.2) is 9.97 Å². The van der Waals surface area contributed by atoms with Crippen LogP contribution in [0.25, 0.3) is 0 Å². The lowest BCUT2D eigenvalue weighted by molar-refractivity contribution is 0.0632. The highest BCUT2D eigenvalue weighted by Crippen LogP contribution is 2.45. The predicted octanol–water partition coefficient (Wildman–Crippen LogP) is 2.17. The lowest BCUT2D eigenvalue weighted by Crippen LogP contribution is -2.48. The van der Waals surface area contributed by atoms with Crippen molar-refractivity contribution < 1.29 is 9.53 Å². The number of aromatic nitrogens is 3. The van der Waals surface area contributed by atoms with Crippen LogP contribution in [-0.2, 0) is 11.8 Å². The lowest BCUT2D eigenvalue weighted by atomic mass is 9.77. The molecule has 1 unspecified atom stereocenters. The lowest BCUT2D eigenvalue weighted by Gasteiger charge is -2.40. The molecule has 1 aliphatic heterocycles. The van der Waals surface area contributed by atoms with E-state index in [9.17, 15) is 9.59 Å². The molecule has 3 aliphatic rings. The number of hydrogen-bond acceptors (Lipinski definition) is 5. The van der Waals surface area contributed by atoms with Gasteiger partial charge in [0.25, 0.3) is 11.5 Å². The Labute approximate surface area is 163 Å². The third-order valence-electron chi connectivity index (χ3n) is 6.41. The Hall–Kier alpha value is -2.70. The van der Waals surface area contributed by atoms with Gasteiger partial charge in [0.2, 0.25) is 5.88 Å². The summed E-state index contributed by atoms with van der Waals surface area (Å²) < 4.78 is 5.16. The number of methoxy groups -OCH3 is 1. The van der Waals surface area contributed by atoms with Crippen LogP contribution < -0.4 is 10.3 Å². The number of piperidine rings is 1. The maximum absolute atomic E-state index is 13.1. The van der Waals surface area contributed by atoms with Gasteiger partial charge in [0, 0.05) is 47.8 Å². The van der Waals surface area contributed by atoms with Gasteiger partial charge in [-0.2, -0.15) is 0 Å². The van der Waals surface area contributed by atoms with Crippen molar-refractivity contribution >= 4 is 5.91 Å². The minimum Gasteiger partial charge on any atom is -0.481 e. The van der Waals surface area contributed by atoms with E-state index in [-0.39, 0.29) is 16.9 Å². The Balaban J connectivity index is 1.47. The van der Waals surface area contributed by atoms with Gasteiger partial charge in [0.15, 0.2) is 0 Å². The summed E-state index contributed by atoms with van der Waals surface area (Å²) in [5.74, 6) is 1.67. The molecule has 7 heteroatoms. The molecule has 1 saturated carbocycles. The molecule has 1 saturated heterocycles. The van der Waals surface area contributed by atoms with Crippen LogP contribution in [0.15, 0.2) is 23.1 Å². The highest BCUT2D eigenvalue weighted by Gasteiger charge is 2.46. The molecule has 0 radical (unpaired) electrons. The number of aromatic amines is 1. The van der Waals surface area contributed by atoms with Gasteiger partial charge in [-0.15, -0.1) is 0 Å². The van der Waals surface area contributed by atoms with Gasteiger partial charge < -0.3 is 14.6 Å². The van der Waals surface area contributed by atoms with Crippen molar-refractivity contribution in [1.82, 2.24) is 19.9 Å². The largest absolute Gasteiger partial charge is 0.481 e. The number of carbonyl (C=O) groups excluding carboxylic acids is 1. The molecular weight excluding hydrogens is 356 g/mol. The van der Waals surface area contributed by atoms with Crippen LogP contribution in [-0.4, -0.2) is 46.0 Å². The number of rotatable bonds is 3. The Morgan fingerprint density at radius 2 is 2.21 bits per heavy atom. The average molecular weight is 380 g/mol. The number of carbonyl (C=O) groups is 1. The number of fused-ring (bicyclic) bond motifs is 2. The molecule has 2 fully saturated rings. The number of ether oxygens (including phenoxy) is 1. The number of hydrogen-bond donors (Lipinski definition) is 1. The molecule has 2 aromatic heterocycles. The van der Waals surface area contributed by atoms with Crippen LogP contribution in [0.3, 0.4) is 0 Å². The maximum Gasteiger partial charge on any atom is 0.254 e. The van der Waals surface area contributed by atoms with E-state index in [1.165, 1.54) is 0 Å². The van der Waals surface area contributed by atoms with E-state index in [4.69, 9.17) is 9.72 Å². The van der Waals surface area contributed by atoms with E-state index < -0.39 is 0 Å². The zero-order valence-electron chi connectivity index (χ0n) is 16.0. The summed E-state index contributed by atoms with van der Waals surface area (Å²) in [4.78, 5) is 39.6. The Morgan fingerprint density at radius 3 is 3.00 bits per heavy atom. The monoisotopic (exact) mass is 380 g/mol. The van der Waals surface area contributed by atoms with Crippen LogP contribution >= 0.6 is 0 Å². The fourth-order valence-electron chi connectivity index (χ4n) is 4.76. The third kappa shape index (κ3) is 2.80. The molecular formula is C21H24N4O3. The van der Waals surface area contributed by atoms with Crippen molar-refractivity contribution in [2.45, 2.75) is 49.9 Å². The molecule has 1 N–H and O–H groups in total. The van der Waals surface area contributed by atoms with Crippen LogP contribution in [0, 0.1) is 0 Å². The molecule has 2 aromatic rings. The molecule has 28 heavy (non-hydrogen) atoms. The first kappa shape index (κ1) is 17.4. The summed E-state index contributed by atoms with van der Waals surface area (Å²) in [6, 6.07) is 3.41. The van der Waals surface area contributed by atoms with Gasteiger partial charge in [-0.1, -0.05) is 0 Å². The number of likely N-dealkylation sites (tertiary alicyclic amines) is 1. The zero-order valence-corrected chi connectivity index (χ0v) is 16.0. The van der Waals surface area contributed by atoms with E-state index >= 15 is 0 Å². The van der Waals surface area contributed by atoms with Crippen molar-refractivity contribution in [3.05, 3.63) is 51.3 Å². The van der Waals surface area contributed by atoms with Crippen LogP contribution in [0.1, 0.15) is 65.5 Å². The summed E-state index contributed by atoms with van der Waals surface area (Å²) in [6.45, 7) is 1.34. The first-order chi connectivity index (χ1) is 13.6. The minimum atomic E-state index is -0.196. The second kappa shape index (κ2) is 6.43. The van der Waals surface area contributed by atoms with Gasteiger partial charge in [-0.05, 0) is 44.6 Å². The average Bonchev–Trinajstić information content (AvgIpc) is 3.52. The first-order valence-electron chi connectivity index (χ1n) is 10.0. The van der Waals surface area contributed by atoms with E-state index in [1.54, 1.807) is 25.4 Å². The molecule has 3 heterocycles. The maximum atomic E-state index is 13.1. The van der Waals surface area contributed by atoms with Crippen molar-refractivity contribution in [2.75, 3.05) is 20.2 Å². The molecule has 1 atom stereocenters. The molecule has 0 aromatic carbocycles. The van der Waals surface area contributed by atoms with Crippen LogP contribution in [0.2, 0.25) is 0 Å². The number of pyridine rings is 1. The molecule has 5 rings (SSSR count). The fraction of sp³-hybridized carbons (Fsp3) is 0.524. The number of amides is 1. The molecule has 1 spiro atoms. The van der Waals surface area contributed by atoms with Crippen molar-refractivity contribution in [3.8, 4) is 5.88 Å². The van der Waals surface area contributed by atoms with Gasteiger partial charge in [-0.3, -0.25) is 9.59 Å². The number of nitrogens with zero attached hydrogens (tertiary/aromatic N) is 3. The standard InChI is InChI=1S/C21H24N4O3/c1-28-16-11-14(6-9-22-16)20(27)25-10-2-7-21(12-25)8-5-15-17(21)23-18(13-3-4-13)24-19(15)26/h6,9,11,13H,2-5,7-8,10,12H2,1H3,(H,23,24,26).